The van der Waals surface area contributed by atoms with Crippen LogP contribution in [0.25, 0.3) is 11.5 Å². The maximum Gasteiger partial charge on any atom is 0.416 e. The van der Waals surface area contributed by atoms with E-state index in [1.165, 1.54) is 30.1 Å². The van der Waals surface area contributed by atoms with Crippen molar-refractivity contribution in [2.75, 3.05) is 7.05 Å². The van der Waals surface area contributed by atoms with Crippen molar-refractivity contribution in [2.24, 2.45) is 0 Å². The van der Waals surface area contributed by atoms with E-state index in [2.05, 4.69) is 10.1 Å². The molecule has 1 heterocycles. The van der Waals surface area contributed by atoms with Gasteiger partial charge in [0.05, 0.1) is 5.56 Å². The highest BCUT2D eigenvalue weighted by atomic mass is 19.4. The van der Waals surface area contributed by atoms with Crippen molar-refractivity contribution >= 4 is 5.91 Å². The molecule has 0 aliphatic heterocycles. The molecule has 140 valence electrons. The van der Waals surface area contributed by atoms with Crippen LogP contribution in [-0.2, 0) is 12.7 Å². The molecule has 0 unspecified atom stereocenters. The lowest BCUT2D eigenvalue weighted by Gasteiger charge is -2.20. The zero-order valence-corrected chi connectivity index (χ0v) is 14.6. The van der Waals surface area contributed by atoms with Gasteiger partial charge >= 0.3 is 6.18 Å². The third-order valence-corrected chi connectivity index (χ3v) is 3.98. The summed E-state index contributed by atoms with van der Waals surface area (Å²) in [6.07, 6.45) is -4.47. The SMILES string of the molecule is Cc1noc(-c2ccc(C(=O)N(C)Cc3ccccc3C(F)(F)F)cc2)n1. The number of hydrogen-bond acceptors (Lipinski definition) is 4. The zero-order valence-electron chi connectivity index (χ0n) is 14.6. The van der Waals surface area contributed by atoms with Crippen LogP contribution in [0.3, 0.4) is 0 Å². The Morgan fingerprint density at radius 3 is 2.37 bits per heavy atom. The molecule has 1 amide bonds. The number of halogens is 3. The van der Waals surface area contributed by atoms with E-state index in [1.807, 2.05) is 0 Å². The van der Waals surface area contributed by atoms with Crippen LogP contribution in [0.5, 0.6) is 0 Å². The summed E-state index contributed by atoms with van der Waals surface area (Å²) in [4.78, 5) is 17.9. The molecule has 3 rings (SSSR count). The summed E-state index contributed by atoms with van der Waals surface area (Å²) in [6, 6.07) is 11.7. The Morgan fingerprint density at radius 2 is 1.78 bits per heavy atom. The molecule has 0 fully saturated rings. The smallest absolute Gasteiger partial charge is 0.337 e. The van der Waals surface area contributed by atoms with E-state index in [4.69, 9.17) is 4.52 Å². The molecule has 5 nitrogen and oxygen atoms in total. The fraction of sp³-hybridized carbons (Fsp3) is 0.211. The van der Waals surface area contributed by atoms with Gasteiger partial charge in [-0.3, -0.25) is 4.79 Å². The van der Waals surface area contributed by atoms with E-state index >= 15 is 0 Å². The first-order valence-electron chi connectivity index (χ1n) is 8.07. The van der Waals surface area contributed by atoms with Gasteiger partial charge in [-0.1, -0.05) is 23.4 Å². The Kier molecular flexibility index (Phi) is 4.98. The van der Waals surface area contributed by atoms with Crippen molar-refractivity contribution < 1.29 is 22.5 Å². The first-order chi connectivity index (χ1) is 12.8. The van der Waals surface area contributed by atoms with Crippen LogP contribution in [0.1, 0.15) is 27.3 Å². The average molecular weight is 375 g/mol. The minimum absolute atomic E-state index is 0.0406. The van der Waals surface area contributed by atoms with Crippen molar-refractivity contribution in [3.8, 4) is 11.5 Å². The molecule has 1 aromatic heterocycles. The summed E-state index contributed by atoms with van der Waals surface area (Å²) in [6.45, 7) is 1.54. The first kappa shape index (κ1) is 18.6. The van der Waals surface area contributed by atoms with Crippen LogP contribution in [0.15, 0.2) is 53.1 Å². The molecule has 8 heteroatoms. The van der Waals surface area contributed by atoms with E-state index in [9.17, 15) is 18.0 Å². The van der Waals surface area contributed by atoms with E-state index in [0.717, 1.165) is 6.07 Å². The second kappa shape index (κ2) is 7.22. The number of alkyl halides is 3. The molecule has 0 saturated heterocycles. The van der Waals surface area contributed by atoms with Gasteiger partial charge in [-0.15, -0.1) is 0 Å². The highest BCUT2D eigenvalue weighted by Gasteiger charge is 2.33. The fourth-order valence-electron chi connectivity index (χ4n) is 2.65. The van der Waals surface area contributed by atoms with Crippen LogP contribution < -0.4 is 0 Å². The number of rotatable bonds is 4. The van der Waals surface area contributed by atoms with E-state index in [0.29, 0.717) is 22.8 Å². The van der Waals surface area contributed by atoms with Crippen LogP contribution in [0, 0.1) is 6.92 Å². The van der Waals surface area contributed by atoms with Gasteiger partial charge in [0, 0.05) is 24.7 Å². The van der Waals surface area contributed by atoms with Crippen molar-refractivity contribution in [2.45, 2.75) is 19.6 Å². The minimum Gasteiger partial charge on any atom is -0.337 e. The Labute approximate surface area is 153 Å². The molecule has 0 radical (unpaired) electrons. The number of carbonyl (C=O) groups excluding carboxylic acids is 1. The Morgan fingerprint density at radius 1 is 1.11 bits per heavy atom. The van der Waals surface area contributed by atoms with Crippen molar-refractivity contribution in [3.05, 3.63) is 71.0 Å². The third kappa shape index (κ3) is 4.16. The quantitative estimate of drug-likeness (QED) is 0.681. The van der Waals surface area contributed by atoms with Crippen LogP contribution >= 0.6 is 0 Å². The van der Waals surface area contributed by atoms with Gasteiger partial charge < -0.3 is 9.42 Å². The van der Waals surface area contributed by atoms with Gasteiger partial charge in [0.25, 0.3) is 11.8 Å². The lowest BCUT2D eigenvalue weighted by molar-refractivity contribution is -0.138. The zero-order chi connectivity index (χ0) is 19.6. The molecule has 0 spiro atoms. The summed E-state index contributed by atoms with van der Waals surface area (Å²) >= 11 is 0. The lowest BCUT2D eigenvalue weighted by Crippen LogP contribution is -2.27. The summed E-state index contributed by atoms with van der Waals surface area (Å²) in [5.41, 5.74) is 0.296. The van der Waals surface area contributed by atoms with Crippen LogP contribution in [-0.4, -0.2) is 28.0 Å². The van der Waals surface area contributed by atoms with Gasteiger partial charge in [-0.05, 0) is 42.8 Å². The Bertz CT molecular complexity index is 949. The van der Waals surface area contributed by atoms with Crippen LogP contribution in [0.2, 0.25) is 0 Å². The largest absolute Gasteiger partial charge is 0.416 e. The summed E-state index contributed by atoms with van der Waals surface area (Å²) in [7, 11) is 1.46. The van der Waals surface area contributed by atoms with Crippen molar-refractivity contribution in [1.82, 2.24) is 15.0 Å². The fourth-order valence-corrected chi connectivity index (χ4v) is 2.65. The molecule has 0 atom stereocenters. The monoisotopic (exact) mass is 375 g/mol. The highest BCUT2D eigenvalue weighted by Crippen LogP contribution is 2.32. The van der Waals surface area contributed by atoms with Crippen molar-refractivity contribution in [3.63, 3.8) is 0 Å². The van der Waals surface area contributed by atoms with Gasteiger partial charge in [-0.25, -0.2) is 0 Å². The van der Waals surface area contributed by atoms with Gasteiger partial charge in [0.2, 0.25) is 0 Å². The number of carbonyl (C=O) groups is 1. The molecular weight excluding hydrogens is 359 g/mol. The molecule has 3 aromatic rings. The number of amides is 1. The van der Waals surface area contributed by atoms with E-state index in [-0.39, 0.29) is 18.0 Å². The molecular formula is C19H16F3N3O2. The molecule has 2 aromatic carbocycles. The van der Waals surface area contributed by atoms with Gasteiger partial charge in [0.1, 0.15) is 0 Å². The van der Waals surface area contributed by atoms with Crippen molar-refractivity contribution in [1.29, 1.82) is 0 Å². The second-order valence-corrected chi connectivity index (χ2v) is 6.04. The maximum atomic E-state index is 13.1. The Balaban J connectivity index is 1.76. The van der Waals surface area contributed by atoms with Gasteiger partial charge in [-0.2, -0.15) is 18.2 Å². The number of nitrogens with zero attached hydrogens (tertiary/aromatic N) is 3. The summed E-state index contributed by atoms with van der Waals surface area (Å²) in [5.74, 6) is 0.437. The number of hydrogen-bond donors (Lipinski definition) is 0. The normalized spacial score (nSPS) is 11.4. The highest BCUT2D eigenvalue weighted by molar-refractivity contribution is 5.94. The van der Waals surface area contributed by atoms with E-state index < -0.39 is 11.7 Å². The molecule has 0 N–H and O–H groups in total. The van der Waals surface area contributed by atoms with Crippen LogP contribution in [0.4, 0.5) is 13.2 Å². The predicted octanol–water partition coefficient (Wildman–Crippen LogP) is 4.34. The predicted molar refractivity (Wildman–Crippen MR) is 91.7 cm³/mol. The number of aromatic nitrogens is 2. The summed E-state index contributed by atoms with van der Waals surface area (Å²) in [5, 5.41) is 3.70. The minimum atomic E-state index is -4.47. The molecule has 0 saturated carbocycles. The number of benzene rings is 2. The standard InChI is InChI=1S/C19H16F3N3O2/c1-12-23-17(27-24-12)13-7-9-14(10-8-13)18(26)25(2)11-15-5-3-4-6-16(15)19(20,21)22/h3-10H,11H2,1-2H3. The molecule has 0 bridgehead atoms. The summed E-state index contributed by atoms with van der Waals surface area (Å²) < 4.78 is 44.4. The maximum absolute atomic E-state index is 13.1. The Hall–Kier alpha value is -3.16. The first-order valence-corrected chi connectivity index (χ1v) is 8.07. The molecule has 27 heavy (non-hydrogen) atoms. The van der Waals surface area contributed by atoms with Gasteiger partial charge in [0.15, 0.2) is 5.82 Å². The molecule has 0 aliphatic carbocycles. The topological polar surface area (TPSA) is 59.2 Å². The van der Waals surface area contributed by atoms with E-state index in [1.54, 1.807) is 31.2 Å². The molecule has 0 aliphatic rings. The second-order valence-electron chi connectivity index (χ2n) is 6.04. The third-order valence-electron chi connectivity index (χ3n) is 3.98. The lowest BCUT2D eigenvalue weighted by atomic mass is 10.1. The average Bonchev–Trinajstić information content (AvgIpc) is 3.07. The number of aryl methyl sites for hydroxylation is 1.